The molecule has 8 heterocycles. The maximum absolute atomic E-state index is 13.6. The van der Waals surface area contributed by atoms with Crippen molar-refractivity contribution in [1.82, 2.24) is 39.1 Å². The number of nitrogens with two attached hydrogens (primary N) is 1. The topological polar surface area (TPSA) is 270 Å². The predicted octanol–water partition coefficient (Wildman–Crippen LogP) is 14.1. The van der Waals surface area contributed by atoms with Crippen molar-refractivity contribution in [3.05, 3.63) is 191 Å². The summed E-state index contributed by atoms with van der Waals surface area (Å²) in [5, 5.41) is 53.8. The second kappa shape index (κ2) is 30.6. The molecule has 0 spiro atoms. The fraction of sp³-hybridized carbons (Fsp3) is 0.160. The van der Waals surface area contributed by atoms with Crippen molar-refractivity contribution in [3.63, 3.8) is 0 Å². The first-order chi connectivity index (χ1) is 42.1. The van der Waals surface area contributed by atoms with Gasteiger partial charge in [0.2, 0.25) is 0 Å². The molecular formula is C50H37BBrClF14N12O8S4. The van der Waals surface area contributed by atoms with Gasteiger partial charge in [0.1, 0.15) is 11.6 Å². The number of amides is 1. The monoisotopic (exact) mass is 1450 g/mol. The van der Waals surface area contributed by atoms with Gasteiger partial charge in [0, 0.05) is 40.3 Å². The molecule has 0 atom stereocenters. The number of rotatable bonds is 9. The summed E-state index contributed by atoms with van der Waals surface area (Å²) in [6, 6.07) is 26.7. The van der Waals surface area contributed by atoms with E-state index in [2.05, 4.69) is 41.6 Å². The van der Waals surface area contributed by atoms with Crippen LogP contribution in [0.2, 0.25) is 0 Å². The molecule has 41 heteroatoms. The highest BCUT2D eigenvalue weighted by Crippen LogP contribution is 2.39. The molecule has 10 aromatic rings. The minimum absolute atomic E-state index is 0.0795. The Bertz CT molecular complexity index is 4160. The van der Waals surface area contributed by atoms with Crippen LogP contribution in [0.4, 0.5) is 81.5 Å². The van der Waals surface area contributed by atoms with E-state index in [0.717, 1.165) is 70.0 Å². The summed E-state index contributed by atoms with van der Waals surface area (Å²) in [7, 11) is 3.48. The highest BCUT2D eigenvalue weighted by Gasteiger charge is 2.38. The van der Waals surface area contributed by atoms with Crippen molar-refractivity contribution in [2.24, 2.45) is 28.2 Å². The minimum Gasteiger partial charge on any atom is -0.422 e. The molecule has 0 aliphatic rings. The number of nitrogen functional groups attached to an aromatic ring is 1. The van der Waals surface area contributed by atoms with E-state index in [9.17, 15) is 91.3 Å². The highest BCUT2D eigenvalue weighted by molar-refractivity contribution is 9.11. The number of halogens is 16. The molecule has 0 bridgehead atoms. The van der Waals surface area contributed by atoms with E-state index in [1.165, 1.54) is 105 Å². The Morgan fingerprint density at radius 1 is 0.549 bits per heavy atom. The van der Waals surface area contributed by atoms with E-state index in [1.807, 2.05) is 0 Å². The number of carbonyl (C=O) groups excluding carboxylic acids is 2. The van der Waals surface area contributed by atoms with Crippen LogP contribution < -0.4 is 16.6 Å². The number of alkyl halides is 12. The summed E-state index contributed by atoms with van der Waals surface area (Å²) in [5.74, 6) is -1.87. The van der Waals surface area contributed by atoms with Crippen LogP contribution in [0.25, 0.3) is 31.7 Å². The normalized spacial score (nSPS) is 11.3. The van der Waals surface area contributed by atoms with Gasteiger partial charge in [-0.2, -0.15) is 73.1 Å². The number of nitrogens with zero attached hydrogens (tertiary/aromatic N) is 10. The number of nitrogens with one attached hydrogen (secondary N) is 1. The molecule has 2 aromatic carbocycles. The zero-order chi connectivity index (χ0) is 68.2. The lowest BCUT2D eigenvalue weighted by atomic mass is 9.86. The van der Waals surface area contributed by atoms with Crippen LogP contribution in [0.5, 0.6) is 0 Å². The molecule has 484 valence electrons. The van der Waals surface area contributed by atoms with Gasteiger partial charge in [0.05, 0.1) is 72.1 Å². The number of hydrogen-bond acceptors (Lipinski definition) is 17. The summed E-state index contributed by atoms with van der Waals surface area (Å²) in [6.45, 7) is 0. The van der Waals surface area contributed by atoms with Crippen molar-refractivity contribution < 1.29 is 90.9 Å². The number of anilines is 2. The lowest BCUT2D eigenvalue weighted by Gasteiger charge is -2.03. The smallest absolute Gasteiger partial charge is 0.422 e. The maximum Gasteiger partial charge on any atom is 0.507 e. The molecule has 0 radical (unpaired) electrons. The lowest BCUT2D eigenvalue weighted by Crippen LogP contribution is -2.35. The first-order valence-electron chi connectivity index (χ1n) is 24.1. The first-order valence-corrected chi connectivity index (χ1v) is 28.5. The van der Waals surface area contributed by atoms with Gasteiger partial charge in [-0.15, -0.1) is 22.7 Å². The number of aryl methyl sites for hydroxylation is 4. The summed E-state index contributed by atoms with van der Waals surface area (Å²) in [5.41, 5.74) is 1.87. The molecule has 91 heavy (non-hydrogen) atoms. The molecule has 0 fully saturated rings. The third-order valence-electron chi connectivity index (χ3n) is 10.9. The van der Waals surface area contributed by atoms with Gasteiger partial charge in [-0.25, -0.2) is 8.78 Å². The third kappa shape index (κ3) is 20.8. The Morgan fingerprint density at radius 3 is 1.24 bits per heavy atom. The van der Waals surface area contributed by atoms with Crippen LogP contribution in [0.1, 0.15) is 43.5 Å². The summed E-state index contributed by atoms with van der Waals surface area (Å²) in [6.07, 6.45) is -18.0. The van der Waals surface area contributed by atoms with Gasteiger partial charge in [-0.1, -0.05) is 46.9 Å². The van der Waals surface area contributed by atoms with Crippen LogP contribution in [0.15, 0.2) is 125 Å². The van der Waals surface area contributed by atoms with E-state index in [-0.39, 0.29) is 38.1 Å². The molecule has 0 unspecified atom stereocenters. The molecule has 10 rings (SSSR count). The molecule has 8 aromatic heterocycles. The van der Waals surface area contributed by atoms with Gasteiger partial charge in [0.25, 0.3) is 11.1 Å². The Labute approximate surface area is 530 Å². The Hall–Kier alpha value is -8.41. The number of hydrogen-bond donors (Lipinski definition) is 4. The fourth-order valence-electron chi connectivity index (χ4n) is 6.82. The van der Waals surface area contributed by atoms with E-state index >= 15 is 0 Å². The quantitative estimate of drug-likeness (QED) is 0.0345. The second-order valence-electron chi connectivity index (χ2n) is 17.3. The fourth-order valence-corrected chi connectivity index (χ4v) is 10.8. The van der Waals surface area contributed by atoms with Crippen LogP contribution in [-0.4, -0.2) is 77.3 Å². The molecule has 20 nitrogen and oxygen atoms in total. The van der Waals surface area contributed by atoms with E-state index in [0.29, 0.717) is 36.4 Å². The number of carbonyl (C=O) groups is 2. The van der Waals surface area contributed by atoms with Crippen molar-refractivity contribution in [3.8, 4) is 31.7 Å². The third-order valence-corrected chi connectivity index (χ3v) is 15.7. The SMILES string of the molecule is Cn1nc(C(F)(F)F)cc1-c1ccc(N)s1.Cn1nc(C(F)(F)F)cc1-c1ccc(NC(=O)c2ccccc2F)s1.Cn1nc(C(F)(F)F)cc1-c1ccc([N+](=O)[O-])s1.Cn1nc(C(F)(F)F)cc1B(O)O.O=C(Cl)c1ccccc1F.O=[N+]([O-])c1ccc(Br)s1. The predicted molar refractivity (Wildman–Crippen MR) is 313 cm³/mol. The van der Waals surface area contributed by atoms with Crippen molar-refractivity contribution in [2.75, 3.05) is 11.1 Å². The molecule has 0 aliphatic heterocycles. The lowest BCUT2D eigenvalue weighted by molar-refractivity contribution is -0.380. The largest absolute Gasteiger partial charge is 0.507 e. The Morgan fingerprint density at radius 2 is 0.923 bits per heavy atom. The molecular weight excluding hydrogens is 1420 g/mol. The van der Waals surface area contributed by atoms with Gasteiger partial charge in [-0.05, 0) is 112 Å². The number of benzene rings is 2. The zero-order valence-electron chi connectivity index (χ0n) is 45.7. The summed E-state index contributed by atoms with van der Waals surface area (Å²) in [4.78, 5) is 43.5. The van der Waals surface area contributed by atoms with E-state index < -0.39 is 87.2 Å². The van der Waals surface area contributed by atoms with Crippen LogP contribution in [0.3, 0.4) is 0 Å². The second-order valence-corrected chi connectivity index (χ2v) is 23.4. The van der Waals surface area contributed by atoms with Gasteiger partial charge in [-0.3, -0.25) is 48.5 Å². The van der Waals surface area contributed by atoms with Gasteiger partial charge in [0.15, 0.2) is 22.8 Å². The van der Waals surface area contributed by atoms with Crippen LogP contribution in [0, 0.1) is 31.9 Å². The average Bonchev–Trinajstić information content (AvgIpc) is 1.79. The van der Waals surface area contributed by atoms with Crippen LogP contribution >= 0.6 is 72.9 Å². The Kier molecular flexibility index (Phi) is 24.7. The maximum atomic E-state index is 13.6. The van der Waals surface area contributed by atoms with Crippen molar-refractivity contribution in [1.29, 1.82) is 0 Å². The molecule has 0 saturated carbocycles. The van der Waals surface area contributed by atoms with Crippen LogP contribution in [-0.2, 0) is 52.9 Å². The first kappa shape index (κ1) is 73.3. The van der Waals surface area contributed by atoms with Crippen molar-refractivity contribution in [2.45, 2.75) is 24.7 Å². The summed E-state index contributed by atoms with van der Waals surface area (Å²) < 4.78 is 180. The summed E-state index contributed by atoms with van der Waals surface area (Å²) >= 11 is 12.4. The number of aromatic nitrogens is 8. The van der Waals surface area contributed by atoms with Gasteiger partial charge < -0.3 is 21.1 Å². The number of thiophene rings is 4. The standard InChI is InChI=1S/C16H11F4N3OS.C9H6F3N3O2S.C9H8F3N3S.C7H4ClFO.C5H6BF3N2O2.C4H2BrNO2S/c1-23-11(8-13(22-23)16(18,19)20)12-6-7-14(25-12)21-15(24)9-4-2-3-5-10(9)17;1-14-5(4-7(13-14)9(10,11)12)6-2-3-8(18-6)15(16)17;1-15-5(6-2-3-8(13)16-6)4-7(14-15)9(10,11)12;8-7(10)5-3-1-2-4-6(5)9;1-11-4(6(12)13)2-3(10-11)5(7,8)9;5-3-1-2-4(9-3)6(7)8/h2-8H,1H3,(H,21,24);2-4H,1H3;2-4H,13H2,1H3;1-4H;2,12-13H,1H3;1-2H. The minimum atomic E-state index is -4.56. The van der Waals surface area contributed by atoms with Crippen molar-refractivity contribution >= 4 is 117 Å². The average molecular weight is 1450 g/mol. The molecule has 0 saturated heterocycles. The van der Waals surface area contributed by atoms with E-state index in [4.69, 9.17) is 27.4 Å². The zero-order valence-corrected chi connectivity index (χ0v) is 51.3. The number of nitro groups is 2. The molecule has 0 aliphatic carbocycles. The molecule has 5 N–H and O–H groups in total. The highest BCUT2D eigenvalue weighted by atomic mass is 79.9. The Balaban J connectivity index is 0.000000205. The van der Waals surface area contributed by atoms with Gasteiger partial charge >= 0.3 is 41.8 Å². The molecule has 1 amide bonds. The van der Waals surface area contributed by atoms with E-state index in [1.54, 1.807) is 36.4 Å².